The van der Waals surface area contributed by atoms with Crippen molar-refractivity contribution in [3.05, 3.63) is 84.5 Å². The van der Waals surface area contributed by atoms with E-state index in [0.717, 1.165) is 64.9 Å². The first-order valence-corrected chi connectivity index (χ1v) is 12.6. The van der Waals surface area contributed by atoms with Crippen LogP contribution in [0.15, 0.2) is 84.5 Å². The molecule has 0 radical (unpaired) electrons. The van der Waals surface area contributed by atoms with Crippen molar-refractivity contribution in [2.45, 2.75) is 12.8 Å². The number of benzene rings is 2. The number of fused-ring (bicyclic) bond motifs is 1. The van der Waals surface area contributed by atoms with Gasteiger partial charge in [-0.2, -0.15) is 0 Å². The lowest BCUT2D eigenvalue weighted by molar-refractivity contribution is -0.120. The average molecular weight is 481 g/mol. The maximum atomic E-state index is 12.9. The number of thiazole rings is 1. The van der Waals surface area contributed by atoms with Crippen LogP contribution >= 0.6 is 11.3 Å². The molecule has 1 N–H and O–H groups in total. The highest BCUT2D eigenvalue weighted by molar-refractivity contribution is 7.15. The maximum Gasteiger partial charge on any atom is 0.227 e. The van der Waals surface area contributed by atoms with Crippen LogP contribution in [0.25, 0.3) is 27.5 Å². The molecule has 35 heavy (non-hydrogen) atoms. The molecule has 2 aromatic carbocycles. The zero-order valence-corrected chi connectivity index (χ0v) is 19.9. The van der Waals surface area contributed by atoms with E-state index >= 15 is 0 Å². The van der Waals surface area contributed by atoms with Crippen LogP contribution in [0.5, 0.6) is 0 Å². The van der Waals surface area contributed by atoms with E-state index in [9.17, 15) is 4.79 Å². The Morgan fingerprint density at radius 3 is 2.37 bits per heavy atom. The Morgan fingerprint density at radius 2 is 1.66 bits per heavy atom. The molecule has 3 aromatic heterocycles. The molecule has 174 valence electrons. The van der Waals surface area contributed by atoms with Gasteiger partial charge in [-0.05, 0) is 37.1 Å². The Kier molecular flexibility index (Phi) is 5.71. The standard InChI is InChI=1S/C27H24N6OS/c34-26(28-22-8-6-20(7-9-22)24-18-33-16-17-35-27(33)29-24)21-12-14-32(15-13-21)25-11-10-23(30-31-25)19-4-2-1-3-5-19/h1-11,16-18,21H,12-15H2,(H,28,34). The van der Waals surface area contributed by atoms with Gasteiger partial charge in [-0.25, -0.2) is 4.98 Å². The Bertz CT molecular complexity index is 1410. The van der Waals surface area contributed by atoms with Crippen LogP contribution in [0.4, 0.5) is 11.5 Å². The summed E-state index contributed by atoms with van der Waals surface area (Å²) in [4.78, 5) is 20.7. The SMILES string of the molecule is O=C(Nc1ccc(-c2cn3ccsc3n2)cc1)C1CCN(c2ccc(-c3ccccc3)nn2)CC1. The molecule has 0 atom stereocenters. The minimum Gasteiger partial charge on any atom is -0.355 e. The number of carbonyl (C=O) groups is 1. The Balaban J connectivity index is 1.04. The van der Waals surface area contributed by atoms with Crippen molar-refractivity contribution in [1.82, 2.24) is 19.6 Å². The molecular weight excluding hydrogens is 456 g/mol. The third-order valence-electron chi connectivity index (χ3n) is 6.45. The summed E-state index contributed by atoms with van der Waals surface area (Å²) in [7, 11) is 0. The summed E-state index contributed by atoms with van der Waals surface area (Å²) in [5, 5.41) is 13.9. The first kappa shape index (κ1) is 21.5. The summed E-state index contributed by atoms with van der Waals surface area (Å²) >= 11 is 1.61. The second-order valence-corrected chi connectivity index (χ2v) is 9.56. The van der Waals surface area contributed by atoms with Gasteiger partial charge in [-0.1, -0.05) is 42.5 Å². The number of aromatic nitrogens is 4. The molecule has 4 heterocycles. The summed E-state index contributed by atoms with van der Waals surface area (Å²) in [5.41, 5.74) is 4.69. The number of hydrogen-bond donors (Lipinski definition) is 1. The van der Waals surface area contributed by atoms with Crippen LogP contribution < -0.4 is 10.2 Å². The number of imidazole rings is 1. The van der Waals surface area contributed by atoms with Crippen LogP contribution in [0, 0.1) is 5.92 Å². The third kappa shape index (κ3) is 4.52. The first-order chi connectivity index (χ1) is 17.2. The molecule has 5 aromatic rings. The van der Waals surface area contributed by atoms with E-state index in [1.807, 2.05) is 88.9 Å². The van der Waals surface area contributed by atoms with E-state index in [1.54, 1.807) is 11.3 Å². The number of amides is 1. The predicted molar refractivity (Wildman–Crippen MR) is 140 cm³/mol. The number of hydrogen-bond acceptors (Lipinski definition) is 6. The van der Waals surface area contributed by atoms with Gasteiger partial charge in [0.25, 0.3) is 0 Å². The third-order valence-corrected chi connectivity index (χ3v) is 7.22. The molecule has 0 saturated carbocycles. The van der Waals surface area contributed by atoms with Crippen LogP contribution in [0.2, 0.25) is 0 Å². The Labute approximate surface area is 207 Å². The zero-order valence-electron chi connectivity index (χ0n) is 19.0. The normalized spacial score (nSPS) is 14.3. The topological polar surface area (TPSA) is 75.4 Å². The minimum absolute atomic E-state index is 0.0117. The lowest BCUT2D eigenvalue weighted by Gasteiger charge is -2.31. The van der Waals surface area contributed by atoms with Gasteiger partial charge in [-0.3, -0.25) is 9.20 Å². The Morgan fingerprint density at radius 1 is 0.886 bits per heavy atom. The summed E-state index contributed by atoms with van der Waals surface area (Å²) < 4.78 is 2.02. The molecule has 7 nitrogen and oxygen atoms in total. The summed E-state index contributed by atoms with van der Waals surface area (Å²) in [6, 6.07) is 22.0. The number of piperidine rings is 1. The molecule has 8 heteroatoms. The van der Waals surface area contributed by atoms with E-state index < -0.39 is 0 Å². The quantitative estimate of drug-likeness (QED) is 0.366. The van der Waals surface area contributed by atoms with Crippen molar-refractivity contribution < 1.29 is 4.79 Å². The molecular formula is C27H24N6OS. The van der Waals surface area contributed by atoms with Crippen molar-refractivity contribution in [3.63, 3.8) is 0 Å². The molecule has 1 aliphatic heterocycles. The lowest BCUT2D eigenvalue weighted by Crippen LogP contribution is -2.38. The summed E-state index contributed by atoms with van der Waals surface area (Å²) in [6.45, 7) is 1.57. The van der Waals surface area contributed by atoms with Crippen molar-refractivity contribution in [2.24, 2.45) is 5.92 Å². The molecule has 0 spiro atoms. The molecule has 1 fully saturated rings. The molecule has 1 amide bonds. The van der Waals surface area contributed by atoms with E-state index in [4.69, 9.17) is 0 Å². The number of rotatable bonds is 5. The smallest absolute Gasteiger partial charge is 0.227 e. The average Bonchev–Trinajstić information content (AvgIpc) is 3.53. The molecule has 0 aliphatic carbocycles. The van der Waals surface area contributed by atoms with E-state index in [1.165, 1.54) is 0 Å². The largest absolute Gasteiger partial charge is 0.355 e. The molecule has 0 bridgehead atoms. The predicted octanol–water partition coefficient (Wildman–Crippen LogP) is 5.37. The highest BCUT2D eigenvalue weighted by Crippen LogP contribution is 2.26. The van der Waals surface area contributed by atoms with Crippen molar-refractivity contribution in [3.8, 4) is 22.5 Å². The van der Waals surface area contributed by atoms with Gasteiger partial charge >= 0.3 is 0 Å². The van der Waals surface area contributed by atoms with Crippen molar-refractivity contribution in [1.29, 1.82) is 0 Å². The van der Waals surface area contributed by atoms with Crippen LogP contribution in [-0.2, 0) is 4.79 Å². The van der Waals surface area contributed by atoms with Gasteiger partial charge in [0.1, 0.15) is 0 Å². The van der Waals surface area contributed by atoms with Gasteiger partial charge in [-0.15, -0.1) is 21.5 Å². The second kappa shape index (κ2) is 9.31. The fourth-order valence-electron chi connectivity index (χ4n) is 4.46. The number of nitrogens with one attached hydrogen (secondary N) is 1. The maximum absolute atomic E-state index is 12.9. The highest BCUT2D eigenvalue weighted by Gasteiger charge is 2.26. The van der Waals surface area contributed by atoms with E-state index in [-0.39, 0.29) is 11.8 Å². The lowest BCUT2D eigenvalue weighted by atomic mass is 9.95. The Hall–Kier alpha value is -4.04. The summed E-state index contributed by atoms with van der Waals surface area (Å²) in [5.74, 6) is 0.922. The number of anilines is 2. The first-order valence-electron chi connectivity index (χ1n) is 11.7. The fraction of sp³-hybridized carbons (Fsp3) is 0.185. The molecule has 0 unspecified atom stereocenters. The highest BCUT2D eigenvalue weighted by atomic mass is 32.1. The number of carbonyl (C=O) groups excluding carboxylic acids is 1. The molecule has 1 saturated heterocycles. The van der Waals surface area contributed by atoms with Crippen molar-refractivity contribution >= 4 is 33.7 Å². The minimum atomic E-state index is -0.0117. The number of nitrogens with zero attached hydrogens (tertiary/aromatic N) is 5. The van der Waals surface area contributed by atoms with Crippen LogP contribution in [0.1, 0.15) is 12.8 Å². The molecule has 1 aliphatic rings. The van der Waals surface area contributed by atoms with E-state index in [0.29, 0.717) is 0 Å². The van der Waals surface area contributed by atoms with Gasteiger partial charge in [0.2, 0.25) is 5.91 Å². The van der Waals surface area contributed by atoms with Gasteiger partial charge in [0.05, 0.1) is 11.4 Å². The van der Waals surface area contributed by atoms with Crippen LogP contribution in [0.3, 0.4) is 0 Å². The molecule has 6 rings (SSSR count). The van der Waals surface area contributed by atoms with Crippen LogP contribution in [-0.4, -0.2) is 38.6 Å². The van der Waals surface area contributed by atoms with E-state index in [2.05, 4.69) is 25.4 Å². The second-order valence-electron chi connectivity index (χ2n) is 8.69. The van der Waals surface area contributed by atoms with Gasteiger partial charge < -0.3 is 10.2 Å². The fourth-order valence-corrected chi connectivity index (χ4v) is 5.16. The van der Waals surface area contributed by atoms with Gasteiger partial charge in [0.15, 0.2) is 10.8 Å². The zero-order chi connectivity index (χ0) is 23.6. The van der Waals surface area contributed by atoms with Gasteiger partial charge in [0, 0.05) is 53.6 Å². The monoisotopic (exact) mass is 480 g/mol. The summed E-state index contributed by atoms with van der Waals surface area (Å²) in [6.07, 6.45) is 5.60. The van der Waals surface area contributed by atoms with Crippen molar-refractivity contribution in [2.75, 3.05) is 23.3 Å².